The predicted molar refractivity (Wildman–Crippen MR) is 79.2 cm³/mol. The first-order valence-corrected chi connectivity index (χ1v) is 7.14. The SMILES string of the molecule is CCOC(=O)C1=C(CNCc2ccccc2)CCC(=O)N1. The van der Waals surface area contributed by atoms with Crippen LogP contribution < -0.4 is 10.6 Å². The van der Waals surface area contributed by atoms with Crippen molar-refractivity contribution in [3.63, 3.8) is 0 Å². The van der Waals surface area contributed by atoms with Crippen LogP contribution in [0.2, 0.25) is 0 Å². The van der Waals surface area contributed by atoms with E-state index in [9.17, 15) is 9.59 Å². The molecule has 0 unspecified atom stereocenters. The molecule has 2 rings (SSSR count). The number of carbonyl (C=O) groups excluding carboxylic acids is 2. The molecule has 0 radical (unpaired) electrons. The standard InChI is InChI=1S/C16H20N2O3/c1-2-21-16(20)15-13(8-9-14(19)18-15)11-17-10-12-6-4-3-5-7-12/h3-7,17H,2,8-11H2,1H3,(H,18,19). The highest BCUT2D eigenvalue weighted by Crippen LogP contribution is 2.16. The first-order chi connectivity index (χ1) is 10.2. The lowest BCUT2D eigenvalue weighted by molar-refractivity contribution is -0.140. The van der Waals surface area contributed by atoms with Gasteiger partial charge in [-0.3, -0.25) is 4.79 Å². The molecule has 21 heavy (non-hydrogen) atoms. The molecule has 2 N–H and O–H groups in total. The van der Waals surface area contributed by atoms with E-state index in [0.717, 1.165) is 5.57 Å². The van der Waals surface area contributed by atoms with Gasteiger partial charge in [-0.1, -0.05) is 30.3 Å². The number of esters is 1. The monoisotopic (exact) mass is 288 g/mol. The number of amides is 1. The molecule has 0 aromatic heterocycles. The summed E-state index contributed by atoms with van der Waals surface area (Å²) in [5.74, 6) is -0.591. The maximum absolute atomic E-state index is 11.9. The quantitative estimate of drug-likeness (QED) is 0.779. The van der Waals surface area contributed by atoms with E-state index in [-0.39, 0.29) is 5.91 Å². The summed E-state index contributed by atoms with van der Waals surface area (Å²) in [5.41, 5.74) is 2.37. The normalized spacial score (nSPS) is 14.8. The van der Waals surface area contributed by atoms with Crippen molar-refractivity contribution in [3.8, 4) is 0 Å². The molecule has 0 bridgehead atoms. The minimum Gasteiger partial charge on any atom is -0.461 e. The summed E-state index contributed by atoms with van der Waals surface area (Å²) in [6, 6.07) is 10.0. The zero-order valence-electron chi connectivity index (χ0n) is 12.1. The Morgan fingerprint density at radius 3 is 2.71 bits per heavy atom. The van der Waals surface area contributed by atoms with Gasteiger partial charge in [0.05, 0.1) is 6.61 Å². The van der Waals surface area contributed by atoms with Crippen LogP contribution in [0.4, 0.5) is 0 Å². The van der Waals surface area contributed by atoms with Gasteiger partial charge < -0.3 is 15.4 Å². The summed E-state index contributed by atoms with van der Waals surface area (Å²) in [6.07, 6.45) is 0.993. The molecule has 1 heterocycles. The fraction of sp³-hybridized carbons (Fsp3) is 0.375. The van der Waals surface area contributed by atoms with Gasteiger partial charge in [-0.2, -0.15) is 0 Å². The molecule has 0 fully saturated rings. The topological polar surface area (TPSA) is 67.4 Å². The van der Waals surface area contributed by atoms with Gasteiger partial charge in [-0.25, -0.2) is 4.79 Å². The van der Waals surface area contributed by atoms with E-state index in [1.54, 1.807) is 6.92 Å². The molecule has 5 nitrogen and oxygen atoms in total. The first kappa shape index (κ1) is 15.3. The number of benzene rings is 1. The molecule has 1 aliphatic rings. The van der Waals surface area contributed by atoms with Crippen molar-refractivity contribution in [2.75, 3.05) is 13.2 Å². The lowest BCUT2D eigenvalue weighted by Crippen LogP contribution is -2.35. The van der Waals surface area contributed by atoms with Crippen molar-refractivity contribution in [1.82, 2.24) is 10.6 Å². The summed E-state index contributed by atoms with van der Waals surface area (Å²) in [4.78, 5) is 23.3. The largest absolute Gasteiger partial charge is 0.461 e. The molecular weight excluding hydrogens is 268 g/mol. The lowest BCUT2D eigenvalue weighted by Gasteiger charge is -2.20. The van der Waals surface area contributed by atoms with Crippen LogP contribution >= 0.6 is 0 Å². The molecule has 112 valence electrons. The lowest BCUT2D eigenvalue weighted by atomic mass is 10.0. The van der Waals surface area contributed by atoms with Crippen LogP contribution in [0.3, 0.4) is 0 Å². The van der Waals surface area contributed by atoms with Gasteiger partial charge in [0.25, 0.3) is 0 Å². The number of rotatable bonds is 6. The highest BCUT2D eigenvalue weighted by molar-refractivity contribution is 5.96. The Labute approximate surface area is 124 Å². The van der Waals surface area contributed by atoms with Crippen molar-refractivity contribution in [1.29, 1.82) is 0 Å². The van der Waals surface area contributed by atoms with Crippen LogP contribution in [-0.4, -0.2) is 25.0 Å². The zero-order valence-corrected chi connectivity index (χ0v) is 12.1. The summed E-state index contributed by atoms with van der Waals surface area (Å²) in [7, 11) is 0. The third-order valence-corrected chi connectivity index (χ3v) is 3.26. The molecule has 0 spiro atoms. The Morgan fingerprint density at radius 1 is 1.24 bits per heavy atom. The smallest absolute Gasteiger partial charge is 0.354 e. The van der Waals surface area contributed by atoms with Crippen molar-refractivity contribution in [2.24, 2.45) is 0 Å². The Bertz CT molecular complexity index is 538. The molecule has 1 aromatic rings. The van der Waals surface area contributed by atoms with Gasteiger partial charge in [0.2, 0.25) is 5.91 Å². The molecular formula is C16H20N2O3. The number of carbonyl (C=O) groups is 2. The van der Waals surface area contributed by atoms with Crippen molar-refractivity contribution in [3.05, 3.63) is 47.2 Å². The van der Waals surface area contributed by atoms with Gasteiger partial charge >= 0.3 is 5.97 Å². The molecule has 0 atom stereocenters. The van der Waals surface area contributed by atoms with Gasteiger partial charge in [-0.15, -0.1) is 0 Å². The molecule has 0 saturated carbocycles. The van der Waals surface area contributed by atoms with Gasteiger partial charge in [-0.05, 0) is 24.5 Å². The van der Waals surface area contributed by atoms with Crippen LogP contribution in [0.5, 0.6) is 0 Å². The van der Waals surface area contributed by atoms with Crippen molar-refractivity contribution >= 4 is 11.9 Å². The van der Waals surface area contributed by atoms with E-state index < -0.39 is 5.97 Å². The second kappa shape index (κ2) is 7.59. The third-order valence-electron chi connectivity index (χ3n) is 3.26. The average molecular weight is 288 g/mol. The summed E-state index contributed by atoms with van der Waals surface area (Å²) >= 11 is 0. The van der Waals surface area contributed by atoms with Crippen LogP contribution in [0.15, 0.2) is 41.6 Å². The highest BCUT2D eigenvalue weighted by atomic mass is 16.5. The number of hydrogen-bond acceptors (Lipinski definition) is 4. The predicted octanol–water partition coefficient (Wildman–Crippen LogP) is 1.50. The molecule has 1 amide bonds. The Hall–Kier alpha value is -2.14. The second-order valence-corrected chi connectivity index (χ2v) is 4.84. The zero-order chi connectivity index (χ0) is 15.1. The van der Waals surface area contributed by atoms with Crippen LogP contribution in [-0.2, 0) is 20.9 Å². The first-order valence-electron chi connectivity index (χ1n) is 7.14. The maximum atomic E-state index is 11.9. The van der Waals surface area contributed by atoms with Gasteiger partial charge in [0.1, 0.15) is 5.70 Å². The Balaban J connectivity index is 1.98. The van der Waals surface area contributed by atoms with Crippen LogP contribution in [0, 0.1) is 0 Å². The minimum atomic E-state index is -0.456. The summed E-state index contributed by atoms with van der Waals surface area (Å²) < 4.78 is 4.99. The van der Waals surface area contributed by atoms with E-state index in [4.69, 9.17) is 4.74 Å². The van der Waals surface area contributed by atoms with E-state index in [2.05, 4.69) is 10.6 Å². The average Bonchev–Trinajstić information content (AvgIpc) is 2.50. The fourth-order valence-corrected chi connectivity index (χ4v) is 2.21. The third kappa shape index (κ3) is 4.43. The summed E-state index contributed by atoms with van der Waals surface area (Å²) in [5, 5.41) is 5.92. The number of ether oxygens (including phenoxy) is 1. The Morgan fingerprint density at radius 2 is 2.00 bits per heavy atom. The Kier molecular flexibility index (Phi) is 5.51. The number of hydrogen-bond donors (Lipinski definition) is 2. The van der Waals surface area contributed by atoms with Crippen molar-refractivity contribution < 1.29 is 14.3 Å². The maximum Gasteiger partial charge on any atom is 0.354 e. The van der Waals surface area contributed by atoms with E-state index in [1.807, 2.05) is 30.3 Å². The number of nitrogens with one attached hydrogen (secondary N) is 2. The molecule has 1 aromatic carbocycles. The molecule has 0 aliphatic carbocycles. The second-order valence-electron chi connectivity index (χ2n) is 4.84. The molecule has 1 aliphatic heterocycles. The minimum absolute atomic E-state index is 0.134. The van der Waals surface area contributed by atoms with E-state index >= 15 is 0 Å². The van der Waals surface area contributed by atoms with Crippen LogP contribution in [0.25, 0.3) is 0 Å². The van der Waals surface area contributed by atoms with Crippen molar-refractivity contribution in [2.45, 2.75) is 26.3 Å². The molecule has 5 heteroatoms. The van der Waals surface area contributed by atoms with Gasteiger partial charge in [0.15, 0.2) is 0 Å². The highest BCUT2D eigenvalue weighted by Gasteiger charge is 2.23. The van der Waals surface area contributed by atoms with E-state index in [1.165, 1.54) is 5.56 Å². The van der Waals surface area contributed by atoms with Crippen LogP contribution in [0.1, 0.15) is 25.3 Å². The van der Waals surface area contributed by atoms with E-state index in [0.29, 0.717) is 38.2 Å². The fourth-order valence-electron chi connectivity index (χ4n) is 2.21. The van der Waals surface area contributed by atoms with Gasteiger partial charge in [0, 0.05) is 19.5 Å². The summed E-state index contributed by atoms with van der Waals surface area (Å²) in [6.45, 7) is 3.32. The molecule has 0 saturated heterocycles.